The highest BCUT2D eigenvalue weighted by molar-refractivity contribution is 7.80. The fourth-order valence-corrected chi connectivity index (χ4v) is 4.02. The molecule has 5 nitrogen and oxygen atoms in total. The second-order valence-corrected chi connectivity index (χ2v) is 6.86. The van der Waals surface area contributed by atoms with E-state index in [1.807, 2.05) is 9.58 Å². The molecule has 1 unspecified atom stereocenters. The molecule has 23 heavy (non-hydrogen) atoms. The van der Waals surface area contributed by atoms with Crippen molar-refractivity contribution >= 4 is 46.1 Å². The Kier molecular flexibility index (Phi) is 3.63. The van der Waals surface area contributed by atoms with E-state index in [2.05, 4.69) is 5.10 Å². The number of aromatic nitrogens is 2. The molecular formula is C15H13Cl2N3O2S. The van der Waals surface area contributed by atoms with Crippen molar-refractivity contribution in [2.24, 2.45) is 0 Å². The van der Waals surface area contributed by atoms with Crippen LogP contribution in [0.25, 0.3) is 0 Å². The predicted molar refractivity (Wildman–Crippen MR) is 93.2 cm³/mol. The summed E-state index contributed by atoms with van der Waals surface area (Å²) in [6.07, 6.45) is 2.39. The van der Waals surface area contributed by atoms with E-state index < -0.39 is 0 Å². The van der Waals surface area contributed by atoms with Gasteiger partial charge >= 0.3 is 0 Å². The minimum absolute atomic E-state index is 0.0225. The third kappa shape index (κ3) is 2.36. The second-order valence-electron chi connectivity index (χ2n) is 5.61. The van der Waals surface area contributed by atoms with Crippen LogP contribution >= 0.6 is 35.4 Å². The van der Waals surface area contributed by atoms with Crippen molar-refractivity contribution in [3.63, 3.8) is 0 Å². The number of aromatic hydroxyl groups is 1. The lowest BCUT2D eigenvalue weighted by Gasteiger charge is -2.18. The molecule has 1 aromatic carbocycles. The normalized spacial score (nSPS) is 20.0. The first-order valence-corrected chi connectivity index (χ1v) is 8.38. The van der Waals surface area contributed by atoms with Crippen molar-refractivity contribution in [1.29, 1.82) is 0 Å². The van der Waals surface area contributed by atoms with Crippen LogP contribution in [0.5, 0.6) is 11.6 Å². The maximum Gasteiger partial charge on any atom is 0.236 e. The van der Waals surface area contributed by atoms with Crippen LogP contribution in [0.1, 0.15) is 17.9 Å². The number of anilines is 1. The summed E-state index contributed by atoms with van der Waals surface area (Å²) in [5.74, 6) is 0.866. The number of phenols is 1. The lowest BCUT2D eigenvalue weighted by atomic mass is 9.97. The van der Waals surface area contributed by atoms with Crippen LogP contribution in [0, 0.1) is 0 Å². The molecule has 0 aliphatic carbocycles. The topological polar surface area (TPSA) is 50.5 Å². The van der Waals surface area contributed by atoms with Gasteiger partial charge in [-0.25, -0.2) is 4.68 Å². The van der Waals surface area contributed by atoms with Crippen molar-refractivity contribution < 1.29 is 9.84 Å². The monoisotopic (exact) mass is 369 g/mol. The summed E-state index contributed by atoms with van der Waals surface area (Å²) in [5.41, 5.74) is 1.52. The van der Waals surface area contributed by atoms with Gasteiger partial charge in [0.2, 0.25) is 5.88 Å². The Balaban J connectivity index is 1.68. The average Bonchev–Trinajstić information content (AvgIpc) is 3.19. The largest absolute Gasteiger partial charge is 0.508 e. The Morgan fingerprint density at radius 1 is 1.35 bits per heavy atom. The van der Waals surface area contributed by atoms with Gasteiger partial charge in [-0.2, -0.15) is 5.10 Å². The zero-order valence-corrected chi connectivity index (χ0v) is 14.3. The van der Waals surface area contributed by atoms with Crippen LogP contribution in [-0.4, -0.2) is 33.0 Å². The maximum atomic E-state index is 10.2. The molecule has 1 N–H and O–H groups in total. The van der Waals surface area contributed by atoms with Crippen molar-refractivity contribution in [3.05, 3.63) is 33.9 Å². The first-order valence-electron chi connectivity index (χ1n) is 7.22. The first-order chi connectivity index (χ1) is 11.1. The molecule has 120 valence electrons. The molecule has 1 fully saturated rings. The molecule has 8 heteroatoms. The van der Waals surface area contributed by atoms with Gasteiger partial charge in [0.15, 0.2) is 0 Å². The SMILES string of the molecule is Oc1ccc(Cl)c(Cl)c1C1CC(=S)N(c2cnn3c2OCC3)C1. The number of benzene rings is 1. The van der Waals surface area contributed by atoms with E-state index in [1.165, 1.54) is 0 Å². The second kappa shape index (κ2) is 5.54. The molecule has 0 radical (unpaired) electrons. The highest BCUT2D eigenvalue weighted by atomic mass is 35.5. The lowest BCUT2D eigenvalue weighted by molar-refractivity contribution is 0.357. The van der Waals surface area contributed by atoms with Crippen molar-refractivity contribution in [1.82, 2.24) is 9.78 Å². The Morgan fingerprint density at radius 3 is 3.00 bits per heavy atom. The molecule has 0 saturated carbocycles. The number of hydrogen-bond donors (Lipinski definition) is 1. The Morgan fingerprint density at radius 2 is 2.17 bits per heavy atom. The van der Waals surface area contributed by atoms with E-state index in [1.54, 1.807) is 18.3 Å². The molecule has 0 bridgehead atoms. The molecule has 0 amide bonds. The maximum absolute atomic E-state index is 10.2. The van der Waals surface area contributed by atoms with Gasteiger partial charge in [0, 0.05) is 24.4 Å². The molecule has 2 aliphatic heterocycles. The summed E-state index contributed by atoms with van der Waals surface area (Å²) in [4.78, 5) is 2.78. The molecule has 1 aromatic heterocycles. The molecule has 1 saturated heterocycles. The first kappa shape index (κ1) is 15.1. The number of ether oxygens (including phenoxy) is 1. The number of thiocarbonyl (C=S) groups is 1. The van der Waals surface area contributed by atoms with E-state index in [0.29, 0.717) is 35.2 Å². The van der Waals surface area contributed by atoms with E-state index in [4.69, 9.17) is 40.2 Å². The molecule has 4 rings (SSSR count). The smallest absolute Gasteiger partial charge is 0.236 e. The van der Waals surface area contributed by atoms with Crippen LogP contribution in [0.4, 0.5) is 5.69 Å². The highest BCUT2D eigenvalue weighted by Gasteiger charge is 2.35. The van der Waals surface area contributed by atoms with Crippen LogP contribution in [0.2, 0.25) is 10.0 Å². The Hall–Kier alpha value is -1.50. The van der Waals surface area contributed by atoms with Gasteiger partial charge in [0.05, 0.1) is 27.8 Å². The van der Waals surface area contributed by atoms with Gasteiger partial charge in [-0.05, 0) is 12.1 Å². The van der Waals surface area contributed by atoms with E-state index >= 15 is 0 Å². The number of hydrogen-bond acceptors (Lipinski definition) is 4. The number of fused-ring (bicyclic) bond motifs is 1. The fourth-order valence-electron chi connectivity index (χ4n) is 3.16. The van der Waals surface area contributed by atoms with Gasteiger partial charge in [0.1, 0.15) is 18.0 Å². The third-order valence-electron chi connectivity index (χ3n) is 4.25. The lowest BCUT2D eigenvalue weighted by Crippen LogP contribution is -2.23. The number of nitrogens with zero attached hydrogens (tertiary/aromatic N) is 3. The number of rotatable bonds is 2. The minimum Gasteiger partial charge on any atom is -0.508 e. The molecule has 1 atom stereocenters. The van der Waals surface area contributed by atoms with Crippen LogP contribution in [0.15, 0.2) is 18.3 Å². The summed E-state index contributed by atoms with van der Waals surface area (Å²) >= 11 is 17.9. The van der Waals surface area contributed by atoms with E-state index in [9.17, 15) is 5.11 Å². The van der Waals surface area contributed by atoms with Crippen LogP contribution < -0.4 is 9.64 Å². The van der Waals surface area contributed by atoms with Gasteiger partial charge in [-0.3, -0.25) is 0 Å². The molecule has 2 aromatic rings. The average molecular weight is 370 g/mol. The van der Waals surface area contributed by atoms with Crippen LogP contribution in [0.3, 0.4) is 0 Å². The number of halogens is 2. The summed E-state index contributed by atoms with van der Waals surface area (Å²) < 4.78 is 7.47. The van der Waals surface area contributed by atoms with E-state index in [-0.39, 0.29) is 11.7 Å². The Labute approximate surface area is 148 Å². The fraction of sp³-hybridized carbons (Fsp3) is 0.333. The molecular weight excluding hydrogens is 357 g/mol. The zero-order chi connectivity index (χ0) is 16.1. The quantitative estimate of drug-likeness (QED) is 0.819. The third-order valence-corrected chi connectivity index (χ3v) is 5.45. The van der Waals surface area contributed by atoms with Crippen molar-refractivity contribution in [2.45, 2.75) is 18.9 Å². The van der Waals surface area contributed by atoms with Gasteiger partial charge in [-0.15, -0.1) is 0 Å². The summed E-state index contributed by atoms with van der Waals surface area (Å²) in [5, 5.41) is 15.3. The zero-order valence-electron chi connectivity index (χ0n) is 12.0. The van der Waals surface area contributed by atoms with Gasteiger partial charge < -0.3 is 14.7 Å². The number of phenolic OH excluding ortho intramolecular Hbond substituents is 1. The molecule has 3 heterocycles. The predicted octanol–water partition coefficient (Wildman–Crippen LogP) is 3.61. The van der Waals surface area contributed by atoms with Gasteiger partial charge in [-0.1, -0.05) is 35.4 Å². The minimum atomic E-state index is -0.0225. The summed E-state index contributed by atoms with van der Waals surface area (Å²) in [6.45, 7) is 1.98. The Bertz CT molecular complexity index is 808. The molecule has 0 spiro atoms. The summed E-state index contributed by atoms with van der Waals surface area (Å²) in [7, 11) is 0. The van der Waals surface area contributed by atoms with Crippen molar-refractivity contribution in [2.75, 3.05) is 18.1 Å². The van der Waals surface area contributed by atoms with Crippen LogP contribution in [-0.2, 0) is 6.54 Å². The van der Waals surface area contributed by atoms with Gasteiger partial charge in [0.25, 0.3) is 0 Å². The van der Waals surface area contributed by atoms with Crippen molar-refractivity contribution in [3.8, 4) is 11.6 Å². The summed E-state index contributed by atoms with van der Waals surface area (Å²) in [6, 6.07) is 3.15. The highest BCUT2D eigenvalue weighted by Crippen LogP contribution is 2.44. The standard InChI is InChI=1S/C15H13Cl2N3O2S/c16-9-1-2-11(21)13(14(9)17)8-5-12(23)19(7-8)10-6-18-20-3-4-22-15(10)20/h1-2,6,8,21H,3-5,7H2. The molecule has 2 aliphatic rings. The van der Waals surface area contributed by atoms with E-state index in [0.717, 1.165) is 23.1 Å².